The van der Waals surface area contributed by atoms with Gasteiger partial charge in [-0.1, -0.05) is 18.2 Å². The van der Waals surface area contributed by atoms with Gasteiger partial charge in [0.1, 0.15) is 0 Å². The van der Waals surface area contributed by atoms with Gasteiger partial charge in [0, 0.05) is 33.0 Å². The average molecular weight is 367 g/mol. The van der Waals surface area contributed by atoms with Gasteiger partial charge >= 0.3 is 5.97 Å². The Balaban J connectivity index is 1.99. The number of ether oxygens (including phenoxy) is 1. The van der Waals surface area contributed by atoms with Gasteiger partial charge in [-0.15, -0.1) is 11.3 Å². The molecule has 0 bridgehead atoms. The number of rotatable bonds is 2. The number of hydrogen-bond acceptors (Lipinski definition) is 5. The largest absolute Gasteiger partial charge is 0.466 e. The van der Waals surface area contributed by atoms with Crippen molar-refractivity contribution in [1.29, 1.82) is 0 Å². The minimum atomic E-state index is -0.373. The van der Waals surface area contributed by atoms with E-state index in [0.29, 0.717) is 12.0 Å². The highest BCUT2D eigenvalue weighted by atomic mass is 32.1. The molecule has 134 valence electrons. The van der Waals surface area contributed by atoms with Crippen LogP contribution in [-0.2, 0) is 14.3 Å². The minimum Gasteiger partial charge on any atom is -0.466 e. The summed E-state index contributed by atoms with van der Waals surface area (Å²) in [7, 11) is 1.39. The summed E-state index contributed by atoms with van der Waals surface area (Å²) in [6, 6.07) is 8.22. The molecule has 0 amide bonds. The third-order valence-corrected chi connectivity index (χ3v) is 6.66. The monoisotopic (exact) mass is 367 g/mol. The quantitative estimate of drug-likeness (QED) is 0.802. The molecule has 2 aliphatic rings. The van der Waals surface area contributed by atoms with Crippen LogP contribution >= 0.6 is 11.3 Å². The van der Waals surface area contributed by atoms with E-state index in [1.807, 2.05) is 19.1 Å². The summed E-state index contributed by atoms with van der Waals surface area (Å²) in [5.41, 5.74) is 4.19. The maximum Gasteiger partial charge on any atom is 0.336 e. The van der Waals surface area contributed by atoms with Gasteiger partial charge in [-0.2, -0.15) is 0 Å². The number of ketones is 1. The van der Waals surface area contributed by atoms with Crippen molar-refractivity contribution in [3.05, 3.63) is 57.2 Å². The van der Waals surface area contributed by atoms with Crippen LogP contribution in [0.15, 0.2) is 46.8 Å². The lowest BCUT2D eigenvalue weighted by molar-refractivity contribution is -0.136. The zero-order valence-electron chi connectivity index (χ0n) is 15.1. The Kier molecular flexibility index (Phi) is 4.19. The summed E-state index contributed by atoms with van der Waals surface area (Å²) in [6.45, 7) is 3.97. The minimum absolute atomic E-state index is 0.134. The molecule has 0 radical (unpaired) electrons. The first kappa shape index (κ1) is 17.0. The number of Topliss-reactive ketones (excluding diaryl/α,β-unsaturated/α-hetero) is 1. The number of fused-ring (bicyclic) bond motifs is 1. The predicted octanol–water partition coefficient (Wildman–Crippen LogP) is 4.35. The number of carbonyl (C=O) groups excluding carboxylic acids is 2. The second kappa shape index (κ2) is 6.40. The fourth-order valence-electron chi connectivity index (χ4n) is 4.09. The van der Waals surface area contributed by atoms with Crippen molar-refractivity contribution in [1.82, 2.24) is 5.32 Å². The zero-order valence-corrected chi connectivity index (χ0v) is 16.0. The molecular formula is C21H21NO3S. The van der Waals surface area contributed by atoms with Gasteiger partial charge in [-0.05, 0) is 43.7 Å². The van der Waals surface area contributed by atoms with Crippen LogP contribution in [0.25, 0.3) is 10.1 Å². The van der Waals surface area contributed by atoms with Crippen LogP contribution in [0.5, 0.6) is 0 Å². The third kappa shape index (κ3) is 2.50. The van der Waals surface area contributed by atoms with Crippen LogP contribution in [0.2, 0.25) is 0 Å². The number of benzene rings is 1. The molecule has 1 N–H and O–H groups in total. The number of methoxy groups -OCH3 is 1. The first-order chi connectivity index (χ1) is 12.5. The molecule has 1 aromatic heterocycles. The van der Waals surface area contributed by atoms with E-state index in [9.17, 15) is 9.59 Å². The van der Waals surface area contributed by atoms with E-state index in [1.165, 1.54) is 17.2 Å². The number of carbonyl (C=O) groups is 2. The topological polar surface area (TPSA) is 55.4 Å². The van der Waals surface area contributed by atoms with Gasteiger partial charge in [-0.25, -0.2) is 4.79 Å². The molecule has 1 unspecified atom stereocenters. The van der Waals surface area contributed by atoms with Crippen molar-refractivity contribution < 1.29 is 14.3 Å². The Bertz CT molecular complexity index is 996. The van der Waals surface area contributed by atoms with E-state index in [2.05, 4.69) is 24.4 Å². The molecule has 5 heteroatoms. The highest BCUT2D eigenvalue weighted by Crippen LogP contribution is 2.47. The molecule has 1 aliphatic carbocycles. The van der Waals surface area contributed by atoms with Gasteiger partial charge in [0.15, 0.2) is 5.78 Å². The van der Waals surface area contributed by atoms with Gasteiger partial charge < -0.3 is 10.1 Å². The number of allylic oxidation sites excluding steroid dienone is 3. The van der Waals surface area contributed by atoms with Gasteiger partial charge in [0.2, 0.25) is 0 Å². The highest BCUT2D eigenvalue weighted by molar-refractivity contribution is 7.19. The number of thiophene rings is 1. The standard InChI is InChI=1S/C21H21NO3S/c1-11-13-7-4-5-10-16(13)26-20(11)19-17(21(24)25-3)12(2)22-14-8-6-9-15(23)18(14)19/h4-5,7,10,19,22H,6,8-9H2,1-3H3. The van der Waals surface area contributed by atoms with Crippen LogP contribution in [0.3, 0.4) is 0 Å². The summed E-state index contributed by atoms with van der Waals surface area (Å²) in [5, 5.41) is 4.49. The lowest BCUT2D eigenvalue weighted by Crippen LogP contribution is -2.34. The van der Waals surface area contributed by atoms with Crippen LogP contribution in [0, 0.1) is 6.92 Å². The van der Waals surface area contributed by atoms with Gasteiger partial charge in [-0.3, -0.25) is 4.79 Å². The molecule has 2 heterocycles. The third-order valence-electron chi connectivity index (χ3n) is 5.32. The maximum atomic E-state index is 12.8. The second-order valence-corrected chi connectivity index (χ2v) is 7.93. The summed E-state index contributed by atoms with van der Waals surface area (Å²) < 4.78 is 6.25. The molecule has 0 spiro atoms. The lowest BCUT2D eigenvalue weighted by Gasteiger charge is -2.33. The second-order valence-electron chi connectivity index (χ2n) is 6.84. The van der Waals surface area contributed by atoms with E-state index < -0.39 is 0 Å². The molecule has 26 heavy (non-hydrogen) atoms. The number of esters is 1. The molecular weight excluding hydrogens is 346 g/mol. The van der Waals surface area contributed by atoms with E-state index in [0.717, 1.165) is 40.2 Å². The molecule has 1 aliphatic heterocycles. The van der Waals surface area contributed by atoms with Crippen molar-refractivity contribution >= 4 is 33.2 Å². The van der Waals surface area contributed by atoms with E-state index in [-0.39, 0.29) is 17.7 Å². The number of hydrogen-bond donors (Lipinski definition) is 1. The normalized spacial score (nSPS) is 20.3. The van der Waals surface area contributed by atoms with E-state index in [1.54, 1.807) is 11.3 Å². The molecule has 0 saturated carbocycles. The molecule has 0 fully saturated rings. The zero-order chi connectivity index (χ0) is 18.4. The Morgan fingerprint density at radius 3 is 2.73 bits per heavy atom. The van der Waals surface area contributed by atoms with E-state index in [4.69, 9.17) is 4.74 Å². The summed E-state index contributed by atoms with van der Waals surface area (Å²) in [6.07, 6.45) is 2.23. The number of nitrogens with one attached hydrogen (secondary N) is 1. The van der Waals surface area contributed by atoms with Gasteiger partial charge in [0.05, 0.1) is 18.6 Å². The first-order valence-corrected chi connectivity index (χ1v) is 9.65. The maximum absolute atomic E-state index is 12.8. The molecule has 4 nitrogen and oxygen atoms in total. The smallest absolute Gasteiger partial charge is 0.336 e. The van der Waals surface area contributed by atoms with Crippen LogP contribution in [0.4, 0.5) is 0 Å². The predicted molar refractivity (Wildman–Crippen MR) is 103 cm³/mol. The van der Waals surface area contributed by atoms with E-state index >= 15 is 0 Å². The SMILES string of the molecule is COC(=O)C1=C(C)NC2=C(C(=O)CCC2)C1c1sc2ccccc2c1C. The van der Waals surface area contributed by atoms with Crippen molar-refractivity contribution in [2.24, 2.45) is 0 Å². The summed E-state index contributed by atoms with van der Waals surface area (Å²) >= 11 is 1.67. The van der Waals surface area contributed by atoms with Crippen molar-refractivity contribution in [3.8, 4) is 0 Å². The Morgan fingerprint density at radius 2 is 2.00 bits per heavy atom. The molecule has 4 rings (SSSR count). The van der Waals surface area contributed by atoms with Crippen molar-refractivity contribution in [2.45, 2.75) is 39.0 Å². The van der Waals surface area contributed by atoms with Crippen LogP contribution < -0.4 is 5.32 Å². The Hall–Kier alpha value is -2.40. The van der Waals surface area contributed by atoms with Crippen molar-refractivity contribution in [3.63, 3.8) is 0 Å². The molecule has 0 saturated heterocycles. The molecule has 1 aromatic carbocycles. The van der Waals surface area contributed by atoms with Crippen molar-refractivity contribution in [2.75, 3.05) is 7.11 Å². The van der Waals surface area contributed by atoms with Crippen LogP contribution in [-0.4, -0.2) is 18.9 Å². The fraction of sp³-hybridized carbons (Fsp3) is 0.333. The number of dihydropyridines is 1. The summed E-state index contributed by atoms with van der Waals surface area (Å²) in [4.78, 5) is 26.5. The first-order valence-electron chi connectivity index (χ1n) is 8.83. The molecule has 2 aromatic rings. The van der Waals surface area contributed by atoms with Gasteiger partial charge in [0.25, 0.3) is 0 Å². The Morgan fingerprint density at radius 1 is 1.23 bits per heavy atom. The molecule has 1 atom stereocenters. The average Bonchev–Trinajstić information content (AvgIpc) is 2.97. The van der Waals surface area contributed by atoms with Crippen LogP contribution in [0.1, 0.15) is 42.5 Å². The summed E-state index contributed by atoms with van der Waals surface area (Å²) in [5.74, 6) is -0.583. The number of aryl methyl sites for hydroxylation is 1. The Labute approximate surface area is 156 Å². The lowest BCUT2D eigenvalue weighted by atomic mass is 9.77. The highest BCUT2D eigenvalue weighted by Gasteiger charge is 2.40. The fourth-order valence-corrected chi connectivity index (χ4v) is 5.43.